The van der Waals surface area contributed by atoms with E-state index in [1.165, 1.54) is 0 Å². The average molecular weight is 529 g/mol. The van der Waals surface area contributed by atoms with Gasteiger partial charge in [0.2, 0.25) is 0 Å². The number of H-pyrrole nitrogens is 1. The van der Waals surface area contributed by atoms with Gasteiger partial charge >= 0.3 is 0 Å². The van der Waals surface area contributed by atoms with Crippen molar-refractivity contribution in [1.29, 1.82) is 0 Å². The smallest absolute Gasteiger partial charge is 0.254 e. The molecule has 3 heterocycles. The third-order valence-corrected chi connectivity index (χ3v) is 7.31. The highest BCUT2D eigenvalue weighted by Crippen LogP contribution is 2.34. The summed E-state index contributed by atoms with van der Waals surface area (Å²) in [5, 5.41) is 4.11. The Labute approximate surface area is 226 Å². The first-order chi connectivity index (χ1) is 18.4. The number of fused-ring (bicyclic) bond motifs is 1. The van der Waals surface area contributed by atoms with Gasteiger partial charge in [0.05, 0.1) is 23.5 Å². The number of aromatic amines is 1. The van der Waals surface area contributed by atoms with E-state index in [-0.39, 0.29) is 12.0 Å². The molecule has 1 fully saturated rings. The number of carbonyl (C=O) groups is 1. The lowest BCUT2D eigenvalue weighted by Crippen LogP contribution is -2.43. The summed E-state index contributed by atoms with van der Waals surface area (Å²) in [5.41, 5.74) is 6.28. The van der Waals surface area contributed by atoms with Gasteiger partial charge in [-0.3, -0.25) is 4.79 Å². The van der Waals surface area contributed by atoms with E-state index in [0.29, 0.717) is 36.1 Å². The van der Waals surface area contributed by atoms with Crippen molar-refractivity contribution in [1.82, 2.24) is 14.9 Å². The third kappa shape index (κ3) is 4.92. The fourth-order valence-electron chi connectivity index (χ4n) is 5.13. The molecule has 2 aliphatic heterocycles. The summed E-state index contributed by atoms with van der Waals surface area (Å²) in [7, 11) is 0. The van der Waals surface area contributed by atoms with Gasteiger partial charge < -0.3 is 24.7 Å². The molecule has 1 aromatic heterocycles. The quantitative estimate of drug-likeness (QED) is 0.307. The number of carbonyl (C=O) groups excluding carboxylic acids is 1. The highest BCUT2D eigenvalue weighted by atomic mass is 35.5. The Balaban J connectivity index is 1.22. The van der Waals surface area contributed by atoms with Crippen LogP contribution in [0.4, 0.5) is 11.4 Å². The highest BCUT2D eigenvalue weighted by Gasteiger charge is 2.36. The molecule has 0 aliphatic carbocycles. The van der Waals surface area contributed by atoms with E-state index in [4.69, 9.17) is 21.1 Å². The second-order valence-electron chi connectivity index (χ2n) is 10.1. The fourth-order valence-corrected chi connectivity index (χ4v) is 5.33. The minimum atomic E-state index is -0.602. The summed E-state index contributed by atoms with van der Waals surface area (Å²) in [6.45, 7) is 5.44. The molecule has 3 aromatic carbocycles. The number of anilines is 2. The molecule has 194 valence electrons. The molecule has 2 N–H and O–H groups in total. The molecule has 1 saturated heterocycles. The second kappa shape index (κ2) is 9.91. The zero-order valence-electron chi connectivity index (χ0n) is 21.3. The highest BCUT2D eigenvalue weighted by molar-refractivity contribution is 6.33. The molecular formula is C30H29ClN4O3. The number of amides is 1. The van der Waals surface area contributed by atoms with Gasteiger partial charge in [-0.15, -0.1) is 0 Å². The maximum Gasteiger partial charge on any atom is 0.254 e. The van der Waals surface area contributed by atoms with Crippen molar-refractivity contribution in [3.05, 3.63) is 89.1 Å². The Kier molecular flexibility index (Phi) is 6.43. The summed E-state index contributed by atoms with van der Waals surface area (Å²) in [6, 6.07) is 21.6. The monoisotopic (exact) mass is 528 g/mol. The number of halogens is 1. The summed E-state index contributed by atoms with van der Waals surface area (Å²) in [5.74, 6) is 0.109. The fraction of sp³-hybridized carbons (Fsp3) is 0.267. The zero-order chi connectivity index (χ0) is 26.3. The molecular weight excluding hydrogens is 500 g/mol. The van der Waals surface area contributed by atoms with E-state index in [2.05, 4.69) is 15.3 Å². The van der Waals surface area contributed by atoms with E-state index in [9.17, 15) is 4.79 Å². The van der Waals surface area contributed by atoms with Crippen LogP contribution in [0, 0.1) is 0 Å². The summed E-state index contributed by atoms with van der Waals surface area (Å²) >= 11 is 6.57. The first-order valence-corrected chi connectivity index (χ1v) is 13.1. The van der Waals surface area contributed by atoms with Crippen LogP contribution in [0.15, 0.2) is 72.9 Å². The van der Waals surface area contributed by atoms with Gasteiger partial charge in [0.1, 0.15) is 11.9 Å². The van der Waals surface area contributed by atoms with Crippen LogP contribution in [0.5, 0.6) is 0 Å². The van der Waals surface area contributed by atoms with Gasteiger partial charge in [0.25, 0.3) is 5.91 Å². The third-order valence-electron chi connectivity index (χ3n) is 6.98. The van der Waals surface area contributed by atoms with Crippen LogP contribution < -0.4 is 5.32 Å². The molecule has 7 nitrogen and oxygen atoms in total. The van der Waals surface area contributed by atoms with Crippen LogP contribution in [0.25, 0.3) is 22.6 Å². The van der Waals surface area contributed by atoms with E-state index in [0.717, 1.165) is 40.2 Å². The van der Waals surface area contributed by atoms with E-state index in [1.54, 1.807) is 0 Å². The van der Waals surface area contributed by atoms with Crippen LogP contribution in [0.3, 0.4) is 0 Å². The predicted molar refractivity (Wildman–Crippen MR) is 149 cm³/mol. The Bertz CT molecular complexity index is 1480. The lowest BCUT2D eigenvalue weighted by atomic mass is 9.96. The molecule has 0 spiro atoms. The number of rotatable bonds is 6. The molecule has 1 amide bonds. The topological polar surface area (TPSA) is 79.5 Å². The Morgan fingerprint density at radius 3 is 2.74 bits per heavy atom. The first-order valence-electron chi connectivity index (χ1n) is 12.8. The lowest BCUT2D eigenvalue weighted by molar-refractivity contribution is -0.139. The van der Waals surface area contributed by atoms with Gasteiger partial charge in [-0.1, -0.05) is 48.0 Å². The predicted octanol–water partition coefficient (Wildman–Crippen LogP) is 6.29. The molecule has 4 aromatic rings. The number of imidazole rings is 1. The molecule has 0 bridgehead atoms. The largest absolute Gasteiger partial charge is 0.355 e. The van der Waals surface area contributed by atoms with Gasteiger partial charge in [-0.25, -0.2) is 4.98 Å². The van der Waals surface area contributed by atoms with Gasteiger partial charge in [0, 0.05) is 35.6 Å². The summed E-state index contributed by atoms with van der Waals surface area (Å²) in [4.78, 5) is 23.2. The normalized spacial score (nSPS) is 18.4. The van der Waals surface area contributed by atoms with Crippen molar-refractivity contribution in [3.8, 4) is 22.6 Å². The summed E-state index contributed by atoms with van der Waals surface area (Å²) < 4.78 is 11.6. The SMILES string of the molecule is CC1(C)OC[C@H](CN2CCc3c(Nc4ccc(Cl)c(-c5ncc(-c6ccccc6)[nH]5)c4)cccc3C2=O)O1. The molecule has 1 atom stereocenters. The van der Waals surface area contributed by atoms with E-state index < -0.39 is 5.79 Å². The number of nitrogens with zero attached hydrogens (tertiary/aromatic N) is 2. The maximum absolute atomic E-state index is 13.3. The number of ether oxygens (including phenoxy) is 2. The Morgan fingerprint density at radius 1 is 1.11 bits per heavy atom. The van der Waals surface area contributed by atoms with E-state index >= 15 is 0 Å². The molecule has 6 rings (SSSR count). The maximum atomic E-state index is 13.3. The Morgan fingerprint density at radius 2 is 1.95 bits per heavy atom. The standard InChI is InChI=1S/C30H29ClN4O3/c1-30(2)37-18-21(38-30)17-35-14-13-22-23(29(35)36)9-6-10-26(22)33-20-11-12-25(31)24(15-20)28-32-16-27(34-28)19-7-4-3-5-8-19/h3-12,15-16,21,33H,13-14,17-18H2,1-2H3,(H,32,34)/t21-/m0/s1. The molecule has 0 saturated carbocycles. The second-order valence-corrected chi connectivity index (χ2v) is 10.5. The van der Waals surface area contributed by atoms with Gasteiger partial charge in [-0.2, -0.15) is 0 Å². The number of hydrogen-bond acceptors (Lipinski definition) is 5. The molecule has 8 heteroatoms. The van der Waals surface area contributed by atoms with Crippen molar-refractivity contribution in [2.24, 2.45) is 0 Å². The zero-order valence-corrected chi connectivity index (χ0v) is 22.1. The minimum absolute atomic E-state index is 0.0176. The van der Waals surface area contributed by atoms with Gasteiger partial charge in [0.15, 0.2) is 5.79 Å². The van der Waals surface area contributed by atoms with Crippen molar-refractivity contribution in [2.45, 2.75) is 32.2 Å². The van der Waals surface area contributed by atoms with Crippen LogP contribution in [-0.4, -0.2) is 52.4 Å². The van der Waals surface area contributed by atoms with Crippen molar-refractivity contribution in [2.75, 3.05) is 25.0 Å². The van der Waals surface area contributed by atoms with Crippen molar-refractivity contribution in [3.63, 3.8) is 0 Å². The molecule has 0 unspecified atom stereocenters. The first kappa shape index (κ1) is 24.7. The van der Waals surface area contributed by atoms with Crippen LogP contribution in [0.2, 0.25) is 5.02 Å². The molecule has 0 radical (unpaired) electrons. The number of nitrogens with one attached hydrogen (secondary N) is 2. The molecule has 38 heavy (non-hydrogen) atoms. The minimum Gasteiger partial charge on any atom is -0.355 e. The van der Waals surface area contributed by atoms with Crippen molar-refractivity contribution < 1.29 is 14.3 Å². The van der Waals surface area contributed by atoms with E-state index in [1.807, 2.05) is 91.7 Å². The average Bonchev–Trinajstić information content (AvgIpc) is 3.54. The summed E-state index contributed by atoms with van der Waals surface area (Å²) in [6.07, 6.45) is 2.45. The number of benzene rings is 3. The number of hydrogen-bond donors (Lipinski definition) is 2. The van der Waals surface area contributed by atoms with Crippen molar-refractivity contribution >= 4 is 28.9 Å². The lowest BCUT2D eigenvalue weighted by Gasteiger charge is -2.31. The van der Waals surface area contributed by atoms with Crippen LogP contribution >= 0.6 is 11.6 Å². The Hall–Kier alpha value is -3.65. The van der Waals surface area contributed by atoms with Crippen LogP contribution in [-0.2, 0) is 15.9 Å². The van der Waals surface area contributed by atoms with Gasteiger partial charge in [-0.05, 0) is 61.7 Å². The van der Waals surface area contributed by atoms with Crippen LogP contribution in [0.1, 0.15) is 29.8 Å². The number of aromatic nitrogens is 2. The molecule has 2 aliphatic rings.